The molecule has 0 spiro atoms. The van der Waals surface area contributed by atoms with Crippen LogP contribution in [0.1, 0.15) is 60.4 Å². The summed E-state index contributed by atoms with van der Waals surface area (Å²) in [7, 11) is 0. The molecule has 146 valence electrons. The molecule has 2 aromatic rings. The Hall–Kier alpha value is -2.27. The summed E-state index contributed by atoms with van der Waals surface area (Å²) in [6.45, 7) is 1.83. The normalized spacial score (nSPS) is 26.1. The van der Waals surface area contributed by atoms with Crippen LogP contribution in [-0.4, -0.2) is 27.2 Å². The van der Waals surface area contributed by atoms with Gasteiger partial charge < -0.3 is 5.32 Å². The first-order chi connectivity index (χ1) is 13.4. The molecule has 6 heteroatoms. The molecule has 2 fully saturated rings. The van der Waals surface area contributed by atoms with E-state index in [1.165, 1.54) is 0 Å². The average molecular weight is 398 g/mol. The first kappa shape index (κ1) is 19.1. The maximum absolute atomic E-state index is 13.2. The fourth-order valence-corrected chi connectivity index (χ4v) is 5.13. The van der Waals surface area contributed by atoms with Crippen LogP contribution in [0.25, 0.3) is 0 Å². The number of nitrogens with zero attached hydrogens (tertiary/aromatic N) is 2. The van der Waals surface area contributed by atoms with Gasteiger partial charge in [-0.2, -0.15) is 0 Å². The first-order valence-corrected chi connectivity index (χ1v) is 10.2. The molecular weight excluding hydrogens is 374 g/mol. The molecule has 2 unspecified atom stereocenters. The van der Waals surface area contributed by atoms with Gasteiger partial charge in [0, 0.05) is 34.2 Å². The van der Waals surface area contributed by atoms with Crippen molar-refractivity contribution in [3.63, 3.8) is 0 Å². The van der Waals surface area contributed by atoms with Crippen LogP contribution in [0.2, 0.25) is 5.02 Å². The van der Waals surface area contributed by atoms with Crippen molar-refractivity contribution >= 4 is 23.3 Å². The number of aromatic nitrogens is 2. The predicted molar refractivity (Wildman–Crippen MR) is 107 cm³/mol. The van der Waals surface area contributed by atoms with E-state index in [9.17, 15) is 9.59 Å². The molecule has 5 nitrogen and oxygen atoms in total. The van der Waals surface area contributed by atoms with E-state index in [2.05, 4.69) is 15.3 Å². The van der Waals surface area contributed by atoms with E-state index >= 15 is 0 Å². The lowest BCUT2D eigenvalue weighted by Gasteiger charge is -2.39. The number of benzene rings is 1. The highest BCUT2D eigenvalue weighted by Crippen LogP contribution is 2.54. The largest absolute Gasteiger partial charge is 0.347 e. The van der Waals surface area contributed by atoms with Gasteiger partial charge in [-0.05, 0) is 63.3 Å². The maximum atomic E-state index is 13.2. The number of carbonyl (C=O) groups excluding carboxylic acids is 2. The minimum atomic E-state index is -0.348. The Morgan fingerprint density at radius 2 is 2.04 bits per heavy atom. The number of fused-ring (bicyclic) bond motifs is 2. The van der Waals surface area contributed by atoms with Gasteiger partial charge in [0.05, 0.1) is 5.69 Å². The number of carbonyl (C=O) groups is 2. The fourth-order valence-electron chi connectivity index (χ4n) is 4.94. The molecule has 28 heavy (non-hydrogen) atoms. The zero-order chi connectivity index (χ0) is 19.8. The van der Waals surface area contributed by atoms with Gasteiger partial charge in [0.25, 0.3) is 5.91 Å². The topological polar surface area (TPSA) is 72.0 Å². The number of aryl methyl sites for hydroxylation is 1. The number of ketones is 1. The number of amides is 1. The Balaban J connectivity index is 1.49. The van der Waals surface area contributed by atoms with Gasteiger partial charge in [-0.25, -0.2) is 9.97 Å². The summed E-state index contributed by atoms with van der Waals surface area (Å²) in [5.74, 6) is 0.809. The van der Waals surface area contributed by atoms with E-state index in [1.54, 1.807) is 30.5 Å². The number of hydrogen-bond donors (Lipinski definition) is 1. The summed E-state index contributed by atoms with van der Waals surface area (Å²) in [5.41, 5.74) is 0.693. The van der Waals surface area contributed by atoms with E-state index in [-0.39, 0.29) is 22.6 Å². The van der Waals surface area contributed by atoms with Crippen LogP contribution in [0.4, 0.5) is 0 Å². The van der Waals surface area contributed by atoms with Crippen molar-refractivity contribution in [3.8, 4) is 0 Å². The third-order valence-electron chi connectivity index (χ3n) is 6.30. The number of Topliss-reactive ketones (excluding diaryl/α,β-unsaturated/α-hetero) is 1. The van der Waals surface area contributed by atoms with Crippen molar-refractivity contribution in [2.24, 2.45) is 5.41 Å². The van der Waals surface area contributed by atoms with E-state index in [0.29, 0.717) is 22.8 Å². The summed E-state index contributed by atoms with van der Waals surface area (Å²) < 4.78 is 0. The lowest BCUT2D eigenvalue weighted by Crippen LogP contribution is -2.50. The lowest BCUT2D eigenvalue weighted by molar-refractivity contribution is -0.129. The number of halogens is 1. The summed E-state index contributed by atoms with van der Waals surface area (Å²) in [5, 5.41) is 3.79. The standard InChI is InChI=1S/C22H24ClN3O2/c1-15-24-11-6-18(25-15)13-19(27)21-7-3-8-22(14-21,10-9-21)26-20(28)16-4-2-5-17(23)12-16/h2,4-6,11-12H,3,7-10,13-14H2,1H3,(H,26,28). The van der Waals surface area contributed by atoms with Crippen LogP contribution < -0.4 is 5.32 Å². The molecule has 4 rings (SSSR count). The van der Waals surface area contributed by atoms with Gasteiger partial charge in [-0.1, -0.05) is 24.1 Å². The number of hydrogen-bond acceptors (Lipinski definition) is 4. The van der Waals surface area contributed by atoms with Crippen molar-refractivity contribution in [1.29, 1.82) is 0 Å². The highest BCUT2D eigenvalue weighted by Gasteiger charge is 2.54. The van der Waals surface area contributed by atoms with Crippen LogP contribution in [0.3, 0.4) is 0 Å². The summed E-state index contributed by atoms with van der Waals surface area (Å²) in [4.78, 5) is 34.5. The van der Waals surface area contributed by atoms with Gasteiger partial charge >= 0.3 is 0 Å². The Bertz CT molecular complexity index is 932. The van der Waals surface area contributed by atoms with Crippen LogP contribution in [0.5, 0.6) is 0 Å². The molecule has 2 aliphatic carbocycles. The van der Waals surface area contributed by atoms with Gasteiger partial charge in [-0.15, -0.1) is 0 Å². The smallest absolute Gasteiger partial charge is 0.251 e. The molecule has 1 heterocycles. The molecule has 1 N–H and O–H groups in total. The first-order valence-electron chi connectivity index (χ1n) is 9.80. The molecule has 1 amide bonds. The van der Waals surface area contributed by atoms with Crippen molar-refractivity contribution in [3.05, 3.63) is 58.6 Å². The van der Waals surface area contributed by atoms with Crippen LogP contribution in [0, 0.1) is 12.3 Å². The predicted octanol–water partition coefficient (Wildman–Crippen LogP) is 4.07. The molecule has 2 aliphatic rings. The highest BCUT2D eigenvalue weighted by molar-refractivity contribution is 6.30. The highest BCUT2D eigenvalue weighted by atomic mass is 35.5. The van der Waals surface area contributed by atoms with Crippen molar-refractivity contribution in [1.82, 2.24) is 15.3 Å². The van der Waals surface area contributed by atoms with E-state index in [0.717, 1.165) is 44.2 Å². The summed E-state index contributed by atoms with van der Waals surface area (Å²) in [6, 6.07) is 8.80. The second-order valence-corrected chi connectivity index (χ2v) is 8.69. The average Bonchev–Trinajstić information content (AvgIpc) is 2.93. The minimum Gasteiger partial charge on any atom is -0.347 e. The number of nitrogens with one attached hydrogen (secondary N) is 1. The molecule has 0 radical (unpaired) electrons. The monoisotopic (exact) mass is 397 g/mol. The van der Waals surface area contributed by atoms with Crippen molar-refractivity contribution in [2.75, 3.05) is 0 Å². The van der Waals surface area contributed by atoms with Gasteiger partial charge in [-0.3, -0.25) is 9.59 Å². The molecule has 1 aromatic heterocycles. The van der Waals surface area contributed by atoms with Gasteiger partial charge in [0.2, 0.25) is 0 Å². The molecule has 2 atom stereocenters. The van der Waals surface area contributed by atoms with Gasteiger partial charge in [0.1, 0.15) is 11.6 Å². The zero-order valence-corrected chi connectivity index (χ0v) is 16.8. The maximum Gasteiger partial charge on any atom is 0.251 e. The summed E-state index contributed by atoms with van der Waals surface area (Å²) >= 11 is 6.03. The SMILES string of the molecule is Cc1nccc(CC(=O)C23CCCC(NC(=O)c4cccc(Cl)c4)(CC2)C3)n1. The number of rotatable bonds is 5. The minimum absolute atomic E-state index is 0.112. The third-order valence-corrected chi connectivity index (χ3v) is 6.54. The van der Waals surface area contributed by atoms with Crippen LogP contribution >= 0.6 is 11.6 Å². The van der Waals surface area contributed by atoms with Gasteiger partial charge in [0.15, 0.2) is 0 Å². The zero-order valence-electron chi connectivity index (χ0n) is 16.0. The van der Waals surface area contributed by atoms with Crippen molar-refractivity contribution in [2.45, 2.75) is 57.4 Å². The quantitative estimate of drug-likeness (QED) is 0.825. The van der Waals surface area contributed by atoms with E-state index in [1.807, 2.05) is 13.0 Å². The Morgan fingerprint density at radius 3 is 2.82 bits per heavy atom. The molecule has 2 bridgehead atoms. The Labute approximate surface area is 169 Å². The third kappa shape index (κ3) is 3.68. The summed E-state index contributed by atoms with van der Waals surface area (Å²) in [6.07, 6.45) is 7.18. The second kappa shape index (κ2) is 7.28. The lowest BCUT2D eigenvalue weighted by atomic mass is 9.69. The Kier molecular flexibility index (Phi) is 4.96. The van der Waals surface area contributed by atoms with Crippen LogP contribution in [0.15, 0.2) is 36.5 Å². The van der Waals surface area contributed by atoms with E-state index < -0.39 is 0 Å². The molecular formula is C22H24ClN3O2. The molecule has 1 aromatic carbocycles. The second-order valence-electron chi connectivity index (χ2n) is 8.25. The molecule has 2 saturated carbocycles. The fraction of sp³-hybridized carbons (Fsp3) is 0.455. The Morgan fingerprint density at radius 1 is 1.18 bits per heavy atom. The van der Waals surface area contributed by atoms with Crippen molar-refractivity contribution < 1.29 is 9.59 Å². The van der Waals surface area contributed by atoms with Crippen LogP contribution in [-0.2, 0) is 11.2 Å². The van der Waals surface area contributed by atoms with E-state index in [4.69, 9.17) is 11.6 Å². The molecule has 0 aliphatic heterocycles. The molecule has 0 saturated heterocycles.